The molecule has 0 N–H and O–H groups in total. The zero-order valence-corrected chi connectivity index (χ0v) is 17.3. The molecule has 1 amide bonds. The van der Waals surface area contributed by atoms with Crippen molar-refractivity contribution in [1.82, 2.24) is 24.8 Å². The second kappa shape index (κ2) is 8.27. The van der Waals surface area contributed by atoms with Crippen LogP contribution in [0.4, 0.5) is 0 Å². The van der Waals surface area contributed by atoms with Gasteiger partial charge in [-0.25, -0.2) is 18.4 Å². The van der Waals surface area contributed by atoms with Crippen LogP contribution in [0.2, 0.25) is 0 Å². The molecule has 3 aromatic heterocycles. The minimum Gasteiger partial charge on any atom is -0.337 e. The third-order valence-electron chi connectivity index (χ3n) is 5.06. The Labute approximate surface area is 175 Å². The first kappa shape index (κ1) is 20.1. The van der Waals surface area contributed by atoms with Gasteiger partial charge in [-0.15, -0.1) is 0 Å². The summed E-state index contributed by atoms with van der Waals surface area (Å²) in [5, 5.41) is 0. The monoisotopic (exact) mass is 423 g/mol. The Hall–Kier alpha value is -3.20. The Morgan fingerprint density at radius 2 is 1.83 bits per heavy atom. The van der Waals surface area contributed by atoms with E-state index in [2.05, 4.69) is 19.9 Å². The average molecular weight is 423 g/mol. The minimum absolute atomic E-state index is 0.0966. The van der Waals surface area contributed by atoms with E-state index in [1.807, 2.05) is 6.07 Å². The van der Waals surface area contributed by atoms with Gasteiger partial charge in [-0.2, -0.15) is 0 Å². The highest BCUT2D eigenvalue weighted by molar-refractivity contribution is 7.90. The molecule has 1 unspecified atom stereocenters. The number of aromatic nitrogens is 4. The van der Waals surface area contributed by atoms with Crippen molar-refractivity contribution in [1.29, 1.82) is 0 Å². The summed E-state index contributed by atoms with van der Waals surface area (Å²) in [4.78, 5) is 31.9. The van der Waals surface area contributed by atoms with Crippen LogP contribution in [0.3, 0.4) is 0 Å². The molecule has 1 aliphatic heterocycles. The lowest BCUT2D eigenvalue weighted by Gasteiger charge is -2.33. The standard InChI is InChI=1S/C21H21N5O3S/c1-30(28,29)18-13-24-20(16-8-2-4-10-22-16)25-19(18)15-7-6-12-26(14-15)21(27)17-9-3-5-11-23-17/h2-5,8-11,13,15H,6-7,12,14H2,1H3. The molecule has 3 aromatic rings. The van der Waals surface area contributed by atoms with Gasteiger partial charge in [0.2, 0.25) is 0 Å². The predicted molar refractivity (Wildman–Crippen MR) is 110 cm³/mol. The molecule has 154 valence electrons. The van der Waals surface area contributed by atoms with Crippen LogP contribution in [0.25, 0.3) is 11.5 Å². The third kappa shape index (κ3) is 4.20. The van der Waals surface area contributed by atoms with Crippen molar-refractivity contribution >= 4 is 15.7 Å². The topological polar surface area (TPSA) is 106 Å². The fraction of sp³-hybridized carbons (Fsp3) is 0.286. The molecule has 8 nitrogen and oxygen atoms in total. The molecule has 4 rings (SSSR count). The smallest absolute Gasteiger partial charge is 0.272 e. The van der Waals surface area contributed by atoms with Crippen LogP contribution in [0, 0.1) is 0 Å². The first-order valence-electron chi connectivity index (χ1n) is 9.62. The molecule has 9 heteroatoms. The molecule has 1 aliphatic rings. The first-order valence-corrected chi connectivity index (χ1v) is 11.5. The number of rotatable bonds is 4. The van der Waals surface area contributed by atoms with Crippen molar-refractivity contribution < 1.29 is 13.2 Å². The largest absolute Gasteiger partial charge is 0.337 e. The van der Waals surface area contributed by atoms with Gasteiger partial charge in [0, 0.05) is 43.9 Å². The number of hydrogen-bond acceptors (Lipinski definition) is 7. The average Bonchev–Trinajstić information content (AvgIpc) is 2.79. The summed E-state index contributed by atoms with van der Waals surface area (Å²) < 4.78 is 24.8. The number of piperidine rings is 1. The molecule has 1 saturated heterocycles. The summed E-state index contributed by atoms with van der Waals surface area (Å²) in [7, 11) is -3.53. The minimum atomic E-state index is -3.53. The molecule has 0 saturated carbocycles. The molecule has 0 radical (unpaired) electrons. The summed E-state index contributed by atoms with van der Waals surface area (Å²) in [5.74, 6) is -0.0204. The predicted octanol–water partition coefficient (Wildman–Crippen LogP) is 2.36. The normalized spacial score (nSPS) is 17.0. The molecule has 0 aliphatic carbocycles. The lowest BCUT2D eigenvalue weighted by atomic mass is 9.94. The number of likely N-dealkylation sites (tertiary alicyclic amines) is 1. The summed E-state index contributed by atoms with van der Waals surface area (Å²) in [6, 6.07) is 10.6. The van der Waals surface area contributed by atoms with Crippen LogP contribution in [0.5, 0.6) is 0 Å². The Kier molecular flexibility index (Phi) is 5.54. The third-order valence-corrected chi connectivity index (χ3v) is 6.17. The van der Waals surface area contributed by atoms with E-state index in [0.717, 1.165) is 19.1 Å². The van der Waals surface area contributed by atoms with Crippen molar-refractivity contribution in [3.8, 4) is 11.5 Å². The highest BCUT2D eigenvalue weighted by atomic mass is 32.2. The van der Waals surface area contributed by atoms with Crippen LogP contribution in [-0.2, 0) is 9.84 Å². The number of hydrogen-bond donors (Lipinski definition) is 0. The van der Waals surface area contributed by atoms with Crippen molar-refractivity contribution in [2.45, 2.75) is 23.7 Å². The van der Waals surface area contributed by atoms with E-state index in [1.54, 1.807) is 47.6 Å². The first-order chi connectivity index (χ1) is 14.4. The lowest BCUT2D eigenvalue weighted by molar-refractivity contribution is 0.0699. The van der Waals surface area contributed by atoms with Crippen molar-refractivity contribution in [3.05, 3.63) is 66.4 Å². The Balaban J connectivity index is 1.70. The lowest BCUT2D eigenvalue weighted by Crippen LogP contribution is -2.40. The molecule has 0 spiro atoms. The quantitative estimate of drug-likeness (QED) is 0.634. The molecular formula is C21H21N5O3S. The SMILES string of the molecule is CS(=O)(=O)c1cnc(-c2ccccn2)nc1C1CCCN(C(=O)c2ccccn2)C1. The summed E-state index contributed by atoms with van der Waals surface area (Å²) in [6.45, 7) is 0.967. The molecule has 1 atom stereocenters. The molecular weight excluding hydrogens is 402 g/mol. The Morgan fingerprint density at radius 1 is 1.07 bits per heavy atom. The van der Waals surface area contributed by atoms with E-state index < -0.39 is 9.84 Å². The van der Waals surface area contributed by atoms with Crippen molar-refractivity contribution in [3.63, 3.8) is 0 Å². The zero-order chi connectivity index (χ0) is 21.1. The van der Waals surface area contributed by atoms with E-state index in [1.165, 1.54) is 6.20 Å². The highest BCUT2D eigenvalue weighted by Gasteiger charge is 2.31. The Bertz CT molecular complexity index is 1150. The van der Waals surface area contributed by atoms with Gasteiger partial charge >= 0.3 is 0 Å². The number of sulfone groups is 1. The van der Waals surface area contributed by atoms with E-state index >= 15 is 0 Å². The van der Waals surface area contributed by atoms with Crippen LogP contribution in [-0.4, -0.2) is 58.5 Å². The zero-order valence-electron chi connectivity index (χ0n) is 16.5. The summed E-state index contributed by atoms with van der Waals surface area (Å²) in [6.07, 6.45) is 7.19. The fourth-order valence-corrected chi connectivity index (χ4v) is 4.45. The number of carbonyl (C=O) groups excluding carboxylic acids is 1. The summed E-state index contributed by atoms with van der Waals surface area (Å²) >= 11 is 0. The van der Waals surface area contributed by atoms with Gasteiger partial charge in [0.25, 0.3) is 5.91 Å². The maximum Gasteiger partial charge on any atom is 0.272 e. The highest BCUT2D eigenvalue weighted by Crippen LogP contribution is 2.31. The van der Waals surface area contributed by atoms with Gasteiger partial charge < -0.3 is 4.90 Å². The van der Waals surface area contributed by atoms with Crippen LogP contribution in [0.15, 0.2) is 59.9 Å². The molecule has 0 bridgehead atoms. The van der Waals surface area contributed by atoms with Crippen molar-refractivity contribution in [2.24, 2.45) is 0 Å². The van der Waals surface area contributed by atoms with Crippen LogP contribution in [0.1, 0.15) is 34.9 Å². The van der Waals surface area contributed by atoms with E-state index in [0.29, 0.717) is 36.0 Å². The second-order valence-electron chi connectivity index (χ2n) is 7.24. The molecule has 1 fully saturated rings. The van der Waals surface area contributed by atoms with Crippen LogP contribution >= 0.6 is 0 Å². The van der Waals surface area contributed by atoms with E-state index in [9.17, 15) is 13.2 Å². The van der Waals surface area contributed by atoms with Gasteiger partial charge in [-0.3, -0.25) is 14.8 Å². The molecule has 4 heterocycles. The maximum atomic E-state index is 12.8. The number of nitrogens with zero attached hydrogens (tertiary/aromatic N) is 5. The molecule has 0 aromatic carbocycles. The van der Waals surface area contributed by atoms with E-state index in [-0.39, 0.29) is 16.7 Å². The number of carbonyl (C=O) groups is 1. The Morgan fingerprint density at radius 3 is 2.50 bits per heavy atom. The second-order valence-corrected chi connectivity index (χ2v) is 9.22. The number of pyridine rings is 2. The van der Waals surface area contributed by atoms with Crippen LogP contribution < -0.4 is 0 Å². The van der Waals surface area contributed by atoms with Gasteiger partial charge in [-0.1, -0.05) is 12.1 Å². The van der Waals surface area contributed by atoms with Crippen molar-refractivity contribution in [2.75, 3.05) is 19.3 Å². The summed E-state index contributed by atoms with van der Waals surface area (Å²) in [5.41, 5.74) is 1.38. The maximum absolute atomic E-state index is 12.8. The van der Waals surface area contributed by atoms with Gasteiger partial charge in [-0.05, 0) is 37.1 Å². The van der Waals surface area contributed by atoms with Gasteiger partial charge in [0.15, 0.2) is 15.7 Å². The van der Waals surface area contributed by atoms with Gasteiger partial charge in [0.1, 0.15) is 16.3 Å². The van der Waals surface area contributed by atoms with E-state index in [4.69, 9.17) is 0 Å². The molecule has 30 heavy (non-hydrogen) atoms. The van der Waals surface area contributed by atoms with Gasteiger partial charge in [0.05, 0.1) is 5.69 Å². The number of amides is 1. The fourth-order valence-electron chi connectivity index (χ4n) is 3.62.